The number of benzene rings is 1. The number of pyridine rings is 1. The Bertz CT molecular complexity index is 956. The molecule has 0 spiro atoms. The van der Waals surface area contributed by atoms with Crippen LogP contribution in [0, 0.1) is 0 Å². The largest absolute Gasteiger partial charge is 0.506 e. The number of methoxy groups -OCH3 is 1. The Morgan fingerprint density at radius 2 is 2.12 bits per heavy atom. The Labute approximate surface area is 164 Å². The highest BCUT2D eigenvalue weighted by Crippen LogP contribution is 2.40. The van der Waals surface area contributed by atoms with Crippen LogP contribution < -0.4 is 0 Å². The van der Waals surface area contributed by atoms with Crippen molar-refractivity contribution in [3.63, 3.8) is 0 Å². The van der Waals surface area contributed by atoms with Crippen LogP contribution in [0.4, 0.5) is 5.69 Å². The first-order chi connectivity index (χ1) is 12.5. The number of thioether (sulfide) groups is 1. The highest BCUT2D eigenvalue weighted by molar-refractivity contribution is 8.18. The lowest BCUT2D eigenvalue weighted by Crippen LogP contribution is -2.10. The lowest BCUT2D eigenvalue weighted by atomic mass is 10.2. The molecule has 26 heavy (non-hydrogen) atoms. The molecule has 0 saturated carbocycles. The third-order valence-electron chi connectivity index (χ3n) is 3.40. The summed E-state index contributed by atoms with van der Waals surface area (Å²) >= 11 is 13.1. The zero-order valence-corrected chi connectivity index (χ0v) is 15.8. The predicted molar refractivity (Wildman–Crippen MR) is 105 cm³/mol. The molecule has 0 aliphatic carbocycles. The van der Waals surface area contributed by atoms with Gasteiger partial charge in [-0.1, -0.05) is 41.0 Å². The number of esters is 1. The Morgan fingerprint density at radius 1 is 1.31 bits per heavy atom. The fourth-order valence-corrected chi connectivity index (χ4v) is 3.50. The highest BCUT2D eigenvalue weighted by atomic mass is 35.5. The topological polar surface area (TPSA) is 71.8 Å². The molecule has 0 bridgehead atoms. The van der Waals surface area contributed by atoms with Crippen LogP contribution in [-0.2, 0) is 9.53 Å². The number of aliphatic hydroxyl groups excluding tert-OH is 1. The van der Waals surface area contributed by atoms with Crippen LogP contribution in [0.2, 0.25) is 10.0 Å². The second-order valence-corrected chi connectivity index (χ2v) is 6.97. The number of aromatic nitrogens is 1. The Hall–Kier alpha value is -2.28. The third-order valence-corrected chi connectivity index (χ3v) is 5.16. The molecule has 1 aliphatic heterocycles. The van der Waals surface area contributed by atoms with Gasteiger partial charge in [0.15, 0.2) is 0 Å². The van der Waals surface area contributed by atoms with Crippen LogP contribution in [0.1, 0.15) is 5.56 Å². The summed E-state index contributed by atoms with van der Waals surface area (Å²) in [5, 5.41) is 11.6. The molecule has 2 aromatic rings. The number of carbonyl (C=O) groups is 1. The summed E-state index contributed by atoms with van der Waals surface area (Å²) < 4.78 is 4.78. The van der Waals surface area contributed by atoms with Crippen LogP contribution >= 0.6 is 35.0 Å². The van der Waals surface area contributed by atoms with E-state index in [4.69, 9.17) is 27.9 Å². The molecule has 0 fully saturated rings. The van der Waals surface area contributed by atoms with E-state index >= 15 is 0 Å². The van der Waals surface area contributed by atoms with Gasteiger partial charge in [-0.25, -0.2) is 9.79 Å². The number of hydrogen-bond acceptors (Lipinski definition) is 6. The van der Waals surface area contributed by atoms with E-state index in [0.717, 1.165) is 17.3 Å². The lowest BCUT2D eigenvalue weighted by Gasteiger charge is -2.03. The Morgan fingerprint density at radius 3 is 2.77 bits per heavy atom. The van der Waals surface area contributed by atoms with Crippen molar-refractivity contribution in [1.82, 2.24) is 4.98 Å². The molecule has 132 valence electrons. The zero-order valence-electron chi connectivity index (χ0n) is 13.4. The van der Waals surface area contributed by atoms with Crippen LogP contribution in [0.25, 0.3) is 6.08 Å². The molecule has 2 heterocycles. The maximum Gasteiger partial charge on any atom is 0.344 e. The van der Waals surface area contributed by atoms with E-state index in [-0.39, 0.29) is 11.3 Å². The fourth-order valence-electron chi connectivity index (χ4n) is 2.18. The van der Waals surface area contributed by atoms with Crippen molar-refractivity contribution in [2.45, 2.75) is 0 Å². The van der Waals surface area contributed by atoms with E-state index in [1.54, 1.807) is 42.7 Å². The van der Waals surface area contributed by atoms with Crippen molar-refractivity contribution in [3.05, 3.63) is 74.6 Å². The minimum absolute atomic E-state index is 0.00119. The summed E-state index contributed by atoms with van der Waals surface area (Å²) in [5.41, 5.74) is 1.28. The first-order valence-electron chi connectivity index (χ1n) is 7.35. The van der Waals surface area contributed by atoms with Gasteiger partial charge in [0.1, 0.15) is 16.4 Å². The Kier molecular flexibility index (Phi) is 5.66. The minimum atomic E-state index is -0.677. The summed E-state index contributed by atoms with van der Waals surface area (Å²) in [6, 6.07) is 8.46. The standard InChI is InChI=1S/C18H12Cl2N2O3S/c1-25-18(24)15-16(23)14(7-10-3-2-6-21-9-10)26-17(15)22-11-4-5-12(19)13(20)8-11/h2-9,23H,1H3/b14-7-,22-17?. The summed E-state index contributed by atoms with van der Waals surface area (Å²) in [6.45, 7) is 0. The second kappa shape index (κ2) is 7.95. The van der Waals surface area contributed by atoms with Crippen molar-refractivity contribution in [2.24, 2.45) is 4.99 Å². The van der Waals surface area contributed by atoms with Gasteiger partial charge in [-0.15, -0.1) is 0 Å². The number of hydrogen-bond donors (Lipinski definition) is 1. The molecule has 0 saturated heterocycles. The molecule has 0 atom stereocenters. The SMILES string of the molecule is COC(=O)C1=C(O)/C(=C/c2cccnc2)SC1=Nc1ccc(Cl)c(Cl)c1. The van der Waals surface area contributed by atoms with Gasteiger partial charge in [0.2, 0.25) is 0 Å². The summed E-state index contributed by atoms with van der Waals surface area (Å²) in [4.78, 5) is 21.0. The van der Waals surface area contributed by atoms with Gasteiger partial charge in [-0.2, -0.15) is 0 Å². The number of rotatable bonds is 3. The number of aliphatic hydroxyl groups is 1. The van der Waals surface area contributed by atoms with Crippen molar-refractivity contribution in [2.75, 3.05) is 7.11 Å². The molecule has 1 aliphatic rings. The number of halogens is 2. The van der Waals surface area contributed by atoms with Gasteiger partial charge in [0.25, 0.3) is 0 Å². The average molecular weight is 407 g/mol. The molecule has 3 rings (SSSR count). The molecule has 0 amide bonds. The van der Waals surface area contributed by atoms with Crippen LogP contribution in [-0.4, -0.2) is 28.2 Å². The molecule has 0 radical (unpaired) electrons. The van der Waals surface area contributed by atoms with Crippen LogP contribution in [0.3, 0.4) is 0 Å². The third kappa shape index (κ3) is 3.93. The van der Waals surface area contributed by atoms with Crippen molar-refractivity contribution in [3.8, 4) is 0 Å². The molecule has 0 unspecified atom stereocenters. The molecule has 1 N–H and O–H groups in total. The molecular weight excluding hydrogens is 395 g/mol. The van der Waals surface area contributed by atoms with E-state index in [0.29, 0.717) is 25.7 Å². The number of carbonyl (C=O) groups excluding carboxylic acids is 1. The normalized spacial score (nSPS) is 17.2. The zero-order chi connectivity index (χ0) is 18.7. The minimum Gasteiger partial charge on any atom is -0.506 e. The first-order valence-corrected chi connectivity index (χ1v) is 8.92. The number of nitrogens with zero attached hydrogens (tertiary/aromatic N) is 2. The monoisotopic (exact) mass is 406 g/mol. The highest BCUT2D eigenvalue weighted by Gasteiger charge is 2.33. The van der Waals surface area contributed by atoms with E-state index < -0.39 is 5.97 Å². The summed E-state index contributed by atoms with van der Waals surface area (Å²) in [5.74, 6) is -0.868. The fraction of sp³-hybridized carbons (Fsp3) is 0.0556. The predicted octanol–water partition coefficient (Wildman–Crippen LogP) is 5.19. The van der Waals surface area contributed by atoms with Crippen molar-refractivity contribution in [1.29, 1.82) is 0 Å². The van der Waals surface area contributed by atoms with Crippen molar-refractivity contribution < 1.29 is 14.6 Å². The molecule has 1 aromatic carbocycles. The summed E-state index contributed by atoms with van der Waals surface area (Å²) in [6.07, 6.45) is 5.01. The summed E-state index contributed by atoms with van der Waals surface area (Å²) in [7, 11) is 1.24. The van der Waals surface area contributed by atoms with Crippen molar-refractivity contribution >= 4 is 57.7 Å². The maximum atomic E-state index is 12.1. The van der Waals surface area contributed by atoms with Crippen LogP contribution in [0.15, 0.2) is 64.0 Å². The average Bonchev–Trinajstić information content (AvgIpc) is 2.93. The number of ether oxygens (including phenoxy) is 1. The van der Waals surface area contributed by atoms with E-state index in [1.807, 2.05) is 6.07 Å². The number of aliphatic imine (C=N–C) groups is 1. The first kappa shape index (κ1) is 18.5. The quantitative estimate of drug-likeness (QED) is 0.709. The van der Waals surface area contributed by atoms with Gasteiger partial charge in [0.05, 0.1) is 27.7 Å². The molecule has 1 aromatic heterocycles. The molecule has 8 heteroatoms. The lowest BCUT2D eigenvalue weighted by molar-refractivity contribution is -0.135. The van der Waals surface area contributed by atoms with Gasteiger partial charge in [0, 0.05) is 12.4 Å². The second-order valence-electron chi connectivity index (χ2n) is 5.13. The van der Waals surface area contributed by atoms with Gasteiger partial charge < -0.3 is 9.84 Å². The Balaban J connectivity index is 2.05. The van der Waals surface area contributed by atoms with E-state index in [1.165, 1.54) is 7.11 Å². The molecular formula is C18H12Cl2N2O3S. The maximum absolute atomic E-state index is 12.1. The van der Waals surface area contributed by atoms with Crippen LogP contribution in [0.5, 0.6) is 0 Å². The smallest absolute Gasteiger partial charge is 0.344 e. The van der Waals surface area contributed by atoms with Gasteiger partial charge in [-0.05, 0) is 35.9 Å². The van der Waals surface area contributed by atoms with Gasteiger partial charge >= 0.3 is 5.97 Å². The van der Waals surface area contributed by atoms with E-state index in [2.05, 4.69) is 9.98 Å². The van der Waals surface area contributed by atoms with E-state index in [9.17, 15) is 9.90 Å². The molecule has 5 nitrogen and oxygen atoms in total. The van der Waals surface area contributed by atoms with Gasteiger partial charge in [-0.3, -0.25) is 4.98 Å².